The number of hydrogen-bond donors (Lipinski definition) is 10. The van der Waals surface area contributed by atoms with Crippen molar-refractivity contribution in [2.24, 2.45) is 34.5 Å². The minimum atomic E-state index is -1.85. The van der Waals surface area contributed by atoms with E-state index in [1.54, 1.807) is 21.0 Å². The fourth-order valence-electron chi connectivity index (χ4n) is 15.7. The number of allylic oxidation sites excluding steroid dienone is 1. The molecule has 9 rings (SSSR count). The molecule has 5 saturated heterocycles. The van der Waals surface area contributed by atoms with E-state index in [2.05, 4.69) is 19.9 Å². The van der Waals surface area contributed by atoms with Crippen molar-refractivity contribution >= 4 is 5.97 Å². The second kappa shape index (κ2) is 25.9. The van der Waals surface area contributed by atoms with Gasteiger partial charge in [-0.1, -0.05) is 25.5 Å². The summed E-state index contributed by atoms with van der Waals surface area (Å²) in [6, 6.07) is 0. The molecule has 466 valence electrons. The van der Waals surface area contributed by atoms with Crippen LogP contribution in [-0.4, -0.2) is 257 Å². The number of fused-ring (bicyclic) bond motifs is 5. The maximum Gasteiger partial charge on any atom is 0.303 e. The molecule has 0 aromatic carbocycles. The van der Waals surface area contributed by atoms with E-state index in [-0.39, 0.29) is 28.8 Å². The van der Waals surface area contributed by atoms with Crippen LogP contribution in [0.15, 0.2) is 11.6 Å². The molecule has 8 fully saturated rings. The smallest absolute Gasteiger partial charge is 0.303 e. The predicted molar refractivity (Wildman–Crippen MR) is 276 cm³/mol. The van der Waals surface area contributed by atoms with Crippen molar-refractivity contribution in [3.63, 3.8) is 0 Å². The fourth-order valence-corrected chi connectivity index (χ4v) is 15.7. The highest BCUT2D eigenvalue weighted by Crippen LogP contribution is 2.67. The lowest BCUT2D eigenvalue weighted by Crippen LogP contribution is -2.65. The Balaban J connectivity index is 0.831. The zero-order chi connectivity index (χ0) is 58.7. The highest BCUT2D eigenvalue weighted by Gasteiger charge is 2.63. The molecule has 3 saturated carbocycles. The molecule has 4 aliphatic carbocycles. The monoisotopic (exact) mass is 1160 g/mol. The number of aliphatic hydroxyl groups is 10. The normalized spacial score (nSPS) is 52.5. The lowest BCUT2D eigenvalue weighted by atomic mass is 9.47. The Morgan fingerprint density at radius 2 is 1.26 bits per heavy atom. The molecule has 5 heterocycles. The van der Waals surface area contributed by atoms with Crippen LogP contribution in [0.2, 0.25) is 0 Å². The molecule has 5 aliphatic heterocycles. The van der Waals surface area contributed by atoms with Crippen LogP contribution in [0.5, 0.6) is 0 Å². The standard InChI is InChI=1S/C56H92O25/c1-22(73-53-50(48(70-10)39(61)23(2)74-53)81-52-45(67)43(65)41(63)35(79-52)21-71-51-44(66)42(64)40(62)34(20-57)78-51)37-32(59)18-31-29-12-11-27-17-28(13-15-55(27,6)30(29)14-16-56(31,37)7)77-36-19-33(68-8)46(25(4)72-36)80-54-49(76-26(5)58)47(69-9)38(60)24(3)75-54/h11,22-25,28-54,57,59-67H,12-21H2,1-10H3. The van der Waals surface area contributed by atoms with Gasteiger partial charge in [0.25, 0.3) is 0 Å². The number of carbonyl (C=O) groups is 1. The summed E-state index contributed by atoms with van der Waals surface area (Å²) in [4.78, 5) is 12.1. The number of carbonyl (C=O) groups excluding carboxylic acids is 1. The third kappa shape index (κ3) is 12.3. The minimum Gasteiger partial charge on any atom is -0.454 e. The quantitative estimate of drug-likeness (QED) is 0.0620. The van der Waals surface area contributed by atoms with Crippen molar-refractivity contribution < 1.29 is 122 Å². The van der Waals surface area contributed by atoms with Gasteiger partial charge in [-0.25, -0.2) is 0 Å². The molecule has 0 aromatic heterocycles. The summed E-state index contributed by atoms with van der Waals surface area (Å²) in [7, 11) is 4.40. The Bertz CT molecular complexity index is 2110. The maximum atomic E-state index is 12.2. The number of rotatable bonds is 17. The molecule has 0 spiro atoms. The summed E-state index contributed by atoms with van der Waals surface area (Å²) >= 11 is 0. The van der Waals surface area contributed by atoms with Crippen LogP contribution in [-0.2, 0) is 71.1 Å². The first-order valence-electron chi connectivity index (χ1n) is 29.1. The second-order valence-corrected chi connectivity index (χ2v) is 24.9. The summed E-state index contributed by atoms with van der Waals surface area (Å²) in [5.41, 5.74) is 0.949. The zero-order valence-corrected chi connectivity index (χ0v) is 48.1. The molecule has 25 nitrogen and oxygen atoms in total. The van der Waals surface area contributed by atoms with Crippen LogP contribution < -0.4 is 0 Å². The zero-order valence-electron chi connectivity index (χ0n) is 48.1. The SMILES string of the molecule is COC1CC(OC2CCC3(C)C(=CCC4C3CCC3(C)C4CC(O)C3C(C)OC3OC(C)C(O)C(OC)C3OC3OC(COC4OC(CO)C(O)C(O)C4O)C(O)C(O)C3O)C2)OC(C)C1OC1OC(C)C(O)C(OC)C1OC(C)=O. The third-order valence-electron chi connectivity index (χ3n) is 20.2. The van der Waals surface area contributed by atoms with E-state index in [0.717, 1.165) is 38.5 Å². The summed E-state index contributed by atoms with van der Waals surface area (Å²) in [6.07, 6.45) is -22.1. The van der Waals surface area contributed by atoms with Gasteiger partial charge in [-0.05, 0) is 101 Å². The molecule has 0 amide bonds. The number of methoxy groups -OCH3 is 3. The van der Waals surface area contributed by atoms with Crippen molar-refractivity contribution in [1.82, 2.24) is 0 Å². The van der Waals surface area contributed by atoms with Gasteiger partial charge in [-0.3, -0.25) is 4.79 Å². The van der Waals surface area contributed by atoms with Gasteiger partial charge in [0.2, 0.25) is 0 Å². The first-order valence-corrected chi connectivity index (χ1v) is 29.1. The molecule has 0 radical (unpaired) electrons. The van der Waals surface area contributed by atoms with E-state index < -0.39 is 179 Å². The van der Waals surface area contributed by atoms with E-state index in [1.165, 1.54) is 26.7 Å². The fraction of sp³-hybridized carbons (Fsp3) is 0.946. The van der Waals surface area contributed by atoms with Gasteiger partial charge in [0.05, 0.1) is 55.9 Å². The molecule has 10 N–H and O–H groups in total. The molecule has 0 aromatic rings. The Labute approximate surface area is 473 Å². The average Bonchev–Trinajstić information content (AvgIpc) is 3.83. The average molecular weight is 1170 g/mol. The summed E-state index contributed by atoms with van der Waals surface area (Å²) in [5, 5.41) is 108. The van der Waals surface area contributed by atoms with Gasteiger partial charge in [0.15, 0.2) is 37.6 Å². The van der Waals surface area contributed by atoms with Gasteiger partial charge in [0.1, 0.15) is 85.5 Å². The number of aliphatic hydroxyl groups excluding tert-OH is 10. The topological polar surface area (TPSA) is 349 Å². The van der Waals surface area contributed by atoms with E-state index >= 15 is 0 Å². The van der Waals surface area contributed by atoms with Crippen molar-refractivity contribution in [3.05, 3.63) is 11.6 Å². The lowest BCUT2D eigenvalue weighted by molar-refractivity contribution is -0.376. The van der Waals surface area contributed by atoms with Gasteiger partial charge in [-0.15, -0.1) is 0 Å². The molecule has 33 unspecified atom stereocenters. The number of esters is 1. The van der Waals surface area contributed by atoms with Crippen LogP contribution in [0.3, 0.4) is 0 Å². The molecule has 25 heteroatoms. The highest BCUT2D eigenvalue weighted by molar-refractivity contribution is 5.66. The predicted octanol–water partition coefficient (Wildman–Crippen LogP) is -0.956. The van der Waals surface area contributed by atoms with Crippen molar-refractivity contribution in [2.45, 2.75) is 266 Å². The van der Waals surface area contributed by atoms with E-state index in [4.69, 9.17) is 66.3 Å². The lowest BCUT2D eigenvalue weighted by Gasteiger charge is -2.58. The van der Waals surface area contributed by atoms with Gasteiger partial charge < -0.3 is 117 Å². The Morgan fingerprint density at radius 3 is 1.90 bits per heavy atom. The summed E-state index contributed by atoms with van der Waals surface area (Å²) in [5.74, 6) is -0.0959. The second-order valence-electron chi connectivity index (χ2n) is 24.9. The Hall–Kier alpha value is -1.71. The molecule has 33 atom stereocenters. The van der Waals surface area contributed by atoms with Crippen LogP contribution in [0.25, 0.3) is 0 Å². The maximum absolute atomic E-state index is 12.2. The third-order valence-corrected chi connectivity index (χ3v) is 20.2. The number of ether oxygens (including phenoxy) is 14. The highest BCUT2D eigenvalue weighted by atomic mass is 16.8. The summed E-state index contributed by atoms with van der Waals surface area (Å²) < 4.78 is 85.0. The van der Waals surface area contributed by atoms with Gasteiger partial charge in [0, 0.05) is 40.6 Å². The molecular weight excluding hydrogens is 1070 g/mol. The van der Waals surface area contributed by atoms with Crippen LogP contribution in [0, 0.1) is 34.5 Å². The van der Waals surface area contributed by atoms with Crippen molar-refractivity contribution in [3.8, 4) is 0 Å². The molecule has 81 heavy (non-hydrogen) atoms. The first kappa shape index (κ1) is 63.8. The molecule has 9 aliphatic rings. The molecule has 0 bridgehead atoms. The minimum absolute atomic E-state index is 0.0830. The molecular formula is C56H92O25. The number of hydrogen-bond acceptors (Lipinski definition) is 25. The largest absolute Gasteiger partial charge is 0.454 e. The van der Waals surface area contributed by atoms with Crippen molar-refractivity contribution in [1.29, 1.82) is 0 Å². The Morgan fingerprint density at radius 1 is 0.642 bits per heavy atom. The van der Waals surface area contributed by atoms with E-state index in [0.29, 0.717) is 24.7 Å². The van der Waals surface area contributed by atoms with E-state index in [1.807, 2.05) is 13.8 Å². The first-order chi connectivity index (χ1) is 38.4. The van der Waals surface area contributed by atoms with Crippen molar-refractivity contribution in [2.75, 3.05) is 34.5 Å². The Kier molecular flexibility index (Phi) is 20.4. The van der Waals surface area contributed by atoms with Gasteiger partial charge >= 0.3 is 5.97 Å². The van der Waals surface area contributed by atoms with Gasteiger partial charge in [-0.2, -0.15) is 0 Å². The van der Waals surface area contributed by atoms with E-state index in [9.17, 15) is 55.9 Å². The van der Waals surface area contributed by atoms with Crippen LogP contribution >= 0.6 is 0 Å². The van der Waals surface area contributed by atoms with Crippen LogP contribution in [0.4, 0.5) is 0 Å². The van der Waals surface area contributed by atoms with Crippen LogP contribution in [0.1, 0.15) is 99.8 Å². The summed E-state index contributed by atoms with van der Waals surface area (Å²) in [6.45, 7) is 11.7.